The summed E-state index contributed by atoms with van der Waals surface area (Å²) in [5.74, 6) is 0.176. The molecule has 0 fully saturated rings. The van der Waals surface area contributed by atoms with E-state index in [1.54, 1.807) is 0 Å². The van der Waals surface area contributed by atoms with Crippen molar-refractivity contribution in [2.75, 3.05) is 0 Å². The first-order valence-corrected chi connectivity index (χ1v) is 6.57. The highest BCUT2D eigenvalue weighted by Gasteiger charge is 2.07. The minimum absolute atomic E-state index is 0.320. The molecular formula is C14H18F2N4. The lowest BCUT2D eigenvalue weighted by molar-refractivity contribution is 0.456. The van der Waals surface area contributed by atoms with E-state index in [1.807, 2.05) is 4.68 Å². The predicted octanol–water partition coefficient (Wildman–Crippen LogP) is 2.50. The number of nitrogens with one attached hydrogen (secondary N) is 1. The summed E-state index contributed by atoms with van der Waals surface area (Å²) in [5, 5.41) is 7.25. The number of hydrogen-bond donors (Lipinski definition) is 1. The van der Waals surface area contributed by atoms with Crippen molar-refractivity contribution in [1.29, 1.82) is 0 Å². The fourth-order valence-corrected chi connectivity index (χ4v) is 1.90. The maximum absolute atomic E-state index is 13.5. The fraction of sp³-hybridized carbons (Fsp3) is 0.429. The van der Waals surface area contributed by atoms with E-state index in [2.05, 4.69) is 29.2 Å². The van der Waals surface area contributed by atoms with Crippen molar-refractivity contribution in [3.8, 4) is 0 Å². The summed E-state index contributed by atoms with van der Waals surface area (Å²) < 4.78 is 28.1. The van der Waals surface area contributed by atoms with E-state index < -0.39 is 11.6 Å². The van der Waals surface area contributed by atoms with Gasteiger partial charge in [0.25, 0.3) is 0 Å². The van der Waals surface area contributed by atoms with Crippen molar-refractivity contribution in [3.05, 3.63) is 47.5 Å². The third-order valence-electron chi connectivity index (χ3n) is 2.85. The molecule has 2 rings (SSSR count). The Kier molecular flexibility index (Phi) is 4.79. The highest BCUT2D eigenvalue weighted by molar-refractivity contribution is 5.18. The molecule has 0 aliphatic heterocycles. The second-order valence-electron chi connectivity index (χ2n) is 5.09. The normalized spacial score (nSPS) is 11.2. The van der Waals surface area contributed by atoms with Crippen LogP contribution in [0.2, 0.25) is 0 Å². The topological polar surface area (TPSA) is 42.7 Å². The van der Waals surface area contributed by atoms with E-state index in [-0.39, 0.29) is 0 Å². The quantitative estimate of drug-likeness (QED) is 0.884. The fourth-order valence-electron chi connectivity index (χ4n) is 1.90. The number of rotatable bonds is 6. The number of aromatic nitrogens is 3. The Morgan fingerprint density at radius 1 is 1.25 bits per heavy atom. The summed E-state index contributed by atoms with van der Waals surface area (Å²) in [6, 6.07) is 3.58. The second-order valence-corrected chi connectivity index (χ2v) is 5.09. The molecule has 0 saturated heterocycles. The van der Waals surface area contributed by atoms with Crippen LogP contribution in [0.4, 0.5) is 8.78 Å². The van der Waals surface area contributed by atoms with Gasteiger partial charge in [0.15, 0.2) is 0 Å². The third-order valence-corrected chi connectivity index (χ3v) is 2.85. The SMILES string of the molecule is CC(C)Cn1ncnc1CNCc1ccc(F)cc1F. The first-order chi connectivity index (χ1) is 9.56. The highest BCUT2D eigenvalue weighted by atomic mass is 19.1. The molecule has 0 radical (unpaired) electrons. The van der Waals surface area contributed by atoms with Crippen LogP contribution in [0.25, 0.3) is 0 Å². The molecule has 4 nitrogen and oxygen atoms in total. The lowest BCUT2D eigenvalue weighted by atomic mass is 10.2. The van der Waals surface area contributed by atoms with Crippen molar-refractivity contribution < 1.29 is 8.78 Å². The minimum atomic E-state index is -0.567. The first kappa shape index (κ1) is 14.6. The molecule has 0 spiro atoms. The standard InChI is InChI=1S/C14H18F2N4/c1-10(2)8-20-14(18-9-19-20)7-17-6-11-3-4-12(15)5-13(11)16/h3-5,9-10,17H,6-8H2,1-2H3. The number of halogens is 2. The second kappa shape index (κ2) is 6.56. The molecule has 20 heavy (non-hydrogen) atoms. The van der Waals surface area contributed by atoms with E-state index in [0.29, 0.717) is 24.6 Å². The smallest absolute Gasteiger partial charge is 0.140 e. The van der Waals surface area contributed by atoms with Gasteiger partial charge in [-0.05, 0) is 12.0 Å². The summed E-state index contributed by atoms with van der Waals surface area (Å²) in [6.45, 7) is 5.81. The van der Waals surface area contributed by atoms with E-state index in [1.165, 1.54) is 18.5 Å². The molecule has 1 aromatic carbocycles. The van der Waals surface area contributed by atoms with Crippen LogP contribution in [0, 0.1) is 17.6 Å². The predicted molar refractivity (Wildman–Crippen MR) is 71.8 cm³/mol. The molecular weight excluding hydrogens is 262 g/mol. The molecule has 0 amide bonds. The van der Waals surface area contributed by atoms with Crippen LogP contribution in [-0.2, 0) is 19.6 Å². The van der Waals surface area contributed by atoms with Crippen LogP contribution < -0.4 is 5.32 Å². The van der Waals surface area contributed by atoms with Gasteiger partial charge in [0, 0.05) is 24.7 Å². The maximum atomic E-state index is 13.5. The molecule has 1 heterocycles. The third kappa shape index (κ3) is 3.84. The van der Waals surface area contributed by atoms with E-state index >= 15 is 0 Å². The molecule has 2 aromatic rings. The van der Waals surface area contributed by atoms with Crippen molar-refractivity contribution in [2.24, 2.45) is 5.92 Å². The number of nitrogens with zero attached hydrogens (tertiary/aromatic N) is 3. The maximum Gasteiger partial charge on any atom is 0.140 e. The van der Waals surface area contributed by atoms with E-state index in [4.69, 9.17) is 0 Å². The summed E-state index contributed by atoms with van der Waals surface area (Å²) in [4.78, 5) is 4.17. The van der Waals surface area contributed by atoms with Crippen molar-refractivity contribution in [1.82, 2.24) is 20.1 Å². The van der Waals surface area contributed by atoms with Crippen molar-refractivity contribution in [2.45, 2.75) is 33.5 Å². The van der Waals surface area contributed by atoms with Crippen molar-refractivity contribution in [3.63, 3.8) is 0 Å². The first-order valence-electron chi connectivity index (χ1n) is 6.57. The zero-order valence-corrected chi connectivity index (χ0v) is 11.6. The molecule has 0 aliphatic rings. The van der Waals surface area contributed by atoms with Gasteiger partial charge >= 0.3 is 0 Å². The zero-order valence-electron chi connectivity index (χ0n) is 11.6. The van der Waals surface area contributed by atoms with Crippen LogP contribution in [-0.4, -0.2) is 14.8 Å². The van der Waals surface area contributed by atoms with Crippen LogP contribution in [0.5, 0.6) is 0 Å². The summed E-state index contributed by atoms with van der Waals surface area (Å²) >= 11 is 0. The molecule has 108 valence electrons. The number of hydrogen-bond acceptors (Lipinski definition) is 3. The van der Waals surface area contributed by atoms with Gasteiger partial charge in [-0.1, -0.05) is 19.9 Å². The summed E-state index contributed by atoms with van der Waals surface area (Å²) in [6.07, 6.45) is 1.51. The molecule has 0 bridgehead atoms. The van der Waals surface area contributed by atoms with Crippen LogP contribution in [0.3, 0.4) is 0 Å². The Morgan fingerprint density at radius 2 is 2.05 bits per heavy atom. The minimum Gasteiger partial charge on any atom is -0.306 e. The van der Waals surface area contributed by atoms with Crippen LogP contribution in [0.15, 0.2) is 24.5 Å². The van der Waals surface area contributed by atoms with Gasteiger partial charge in [0.05, 0.1) is 6.54 Å². The Bertz CT molecular complexity index is 566. The monoisotopic (exact) mass is 280 g/mol. The highest BCUT2D eigenvalue weighted by Crippen LogP contribution is 2.09. The molecule has 0 unspecified atom stereocenters. The lowest BCUT2D eigenvalue weighted by Gasteiger charge is -2.09. The van der Waals surface area contributed by atoms with Crippen LogP contribution >= 0.6 is 0 Å². The molecule has 6 heteroatoms. The van der Waals surface area contributed by atoms with Gasteiger partial charge < -0.3 is 5.32 Å². The molecule has 1 N–H and O–H groups in total. The van der Waals surface area contributed by atoms with Crippen LogP contribution in [0.1, 0.15) is 25.2 Å². The van der Waals surface area contributed by atoms with Crippen molar-refractivity contribution >= 4 is 0 Å². The Labute approximate surface area is 116 Å². The van der Waals surface area contributed by atoms with Gasteiger partial charge in [-0.3, -0.25) is 0 Å². The number of benzene rings is 1. The van der Waals surface area contributed by atoms with Gasteiger partial charge in [-0.2, -0.15) is 5.10 Å². The Morgan fingerprint density at radius 3 is 2.75 bits per heavy atom. The van der Waals surface area contributed by atoms with Gasteiger partial charge in [0.2, 0.25) is 0 Å². The molecule has 0 saturated carbocycles. The summed E-state index contributed by atoms with van der Waals surface area (Å²) in [7, 11) is 0. The average molecular weight is 280 g/mol. The van der Waals surface area contributed by atoms with Gasteiger partial charge in [-0.15, -0.1) is 0 Å². The largest absolute Gasteiger partial charge is 0.306 e. The molecule has 0 aliphatic carbocycles. The summed E-state index contributed by atoms with van der Waals surface area (Å²) in [5.41, 5.74) is 0.432. The van der Waals surface area contributed by atoms with E-state index in [0.717, 1.165) is 18.4 Å². The van der Waals surface area contributed by atoms with E-state index in [9.17, 15) is 8.78 Å². The zero-order chi connectivity index (χ0) is 14.5. The Hall–Kier alpha value is -1.82. The molecule has 1 aromatic heterocycles. The van der Waals surface area contributed by atoms with Gasteiger partial charge in [0.1, 0.15) is 23.8 Å². The lowest BCUT2D eigenvalue weighted by Crippen LogP contribution is -2.19. The Balaban J connectivity index is 1.91. The van der Waals surface area contributed by atoms with Gasteiger partial charge in [-0.25, -0.2) is 18.4 Å². The molecule has 0 atom stereocenters. The average Bonchev–Trinajstić information content (AvgIpc) is 2.79.